The minimum Gasteiger partial charge on any atom is -0.507 e. The van der Waals surface area contributed by atoms with Crippen molar-refractivity contribution < 1.29 is 37.5 Å². The van der Waals surface area contributed by atoms with Gasteiger partial charge in [0.05, 0.1) is 29.2 Å². The van der Waals surface area contributed by atoms with Gasteiger partial charge in [0, 0.05) is 23.4 Å². The Balaban J connectivity index is 1.96. The molecule has 1 saturated heterocycles. The van der Waals surface area contributed by atoms with Crippen LogP contribution in [-0.4, -0.2) is 28.8 Å². The molecule has 1 heterocycles. The summed E-state index contributed by atoms with van der Waals surface area (Å²) in [5.41, 5.74) is -1.94. The smallest absolute Gasteiger partial charge is 0.416 e. The number of ether oxygens (including phenoxy) is 1. The summed E-state index contributed by atoms with van der Waals surface area (Å²) in [6.07, 6.45) is -4.73. The van der Waals surface area contributed by atoms with E-state index in [0.29, 0.717) is 11.8 Å². The van der Waals surface area contributed by atoms with Gasteiger partial charge in [-0.25, -0.2) is 0 Å². The predicted octanol–water partition coefficient (Wildman–Crippen LogP) is 5.25. The molecule has 0 aliphatic carbocycles. The minimum atomic E-state index is -4.73. The molecule has 0 bridgehead atoms. The van der Waals surface area contributed by atoms with Gasteiger partial charge in [-0.15, -0.1) is 0 Å². The number of non-ortho nitro benzene ring substituents is 1. The number of hydrogen-bond acceptors (Lipinski definition) is 6. The van der Waals surface area contributed by atoms with E-state index in [2.05, 4.69) is 0 Å². The number of nitrogens with zero attached hydrogens (tertiary/aromatic N) is 2. The molecule has 0 saturated carbocycles. The highest BCUT2D eigenvalue weighted by molar-refractivity contribution is 6.51. The maximum atomic E-state index is 13.4. The number of aliphatic hydroxyl groups excluding tert-OH is 1. The highest BCUT2D eigenvalue weighted by Crippen LogP contribution is 2.44. The van der Waals surface area contributed by atoms with Crippen LogP contribution in [-0.2, 0) is 15.8 Å². The van der Waals surface area contributed by atoms with E-state index in [9.17, 15) is 38.0 Å². The number of rotatable bonds is 5. The number of ketones is 1. The SMILES string of the molecule is COc1ccc(C(O)=C2C(=O)C(=O)N(c3cccc(C(F)(F)F)c3)[C@@H]2c2cccc([N+](=O)[O-])c2)cc1. The molecule has 8 nitrogen and oxygen atoms in total. The fourth-order valence-electron chi connectivity index (χ4n) is 3.96. The Morgan fingerprint density at radius 2 is 1.69 bits per heavy atom. The molecular weight excluding hydrogens is 481 g/mol. The maximum absolute atomic E-state index is 13.4. The van der Waals surface area contributed by atoms with Crippen LogP contribution in [0.25, 0.3) is 5.76 Å². The van der Waals surface area contributed by atoms with Crippen LogP contribution < -0.4 is 9.64 Å². The lowest BCUT2D eigenvalue weighted by atomic mass is 9.94. The van der Waals surface area contributed by atoms with Gasteiger partial charge < -0.3 is 9.84 Å². The van der Waals surface area contributed by atoms with Crippen molar-refractivity contribution >= 4 is 28.8 Å². The molecule has 1 N–H and O–H groups in total. The lowest BCUT2D eigenvalue weighted by Crippen LogP contribution is -2.29. The minimum absolute atomic E-state index is 0.0517. The Hall–Kier alpha value is -4.67. The molecule has 4 rings (SSSR count). The van der Waals surface area contributed by atoms with Gasteiger partial charge in [0.25, 0.3) is 17.4 Å². The van der Waals surface area contributed by atoms with Gasteiger partial charge in [-0.3, -0.25) is 24.6 Å². The molecule has 3 aromatic rings. The second kappa shape index (κ2) is 9.17. The van der Waals surface area contributed by atoms with Crippen LogP contribution in [0.1, 0.15) is 22.7 Å². The van der Waals surface area contributed by atoms with E-state index in [0.717, 1.165) is 23.1 Å². The average molecular weight is 498 g/mol. The molecule has 0 spiro atoms. The van der Waals surface area contributed by atoms with E-state index in [1.165, 1.54) is 55.6 Å². The zero-order chi connectivity index (χ0) is 26.2. The number of nitro groups is 1. The van der Waals surface area contributed by atoms with Gasteiger partial charge in [-0.05, 0) is 48.0 Å². The molecule has 36 heavy (non-hydrogen) atoms. The van der Waals surface area contributed by atoms with Crippen molar-refractivity contribution in [2.24, 2.45) is 0 Å². The predicted molar refractivity (Wildman–Crippen MR) is 122 cm³/mol. The van der Waals surface area contributed by atoms with Crippen LogP contribution in [0.3, 0.4) is 0 Å². The summed E-state index contributed by atoms with van der Waals surface area (Å²) in [6, 6.07) is 13.2. The average Bonchev–Trinajstić information content (AvgIpc) is 3.13. The summed E-state index contributed by atoms with van der Waals surface area (Å²) in [4.78, 5) is 37.7. The van der Waals surface area contributed by atoms with Crippen LogP contribution >= 0.6 is 0 Å². The summed E-state index contributed by atoms with van der Waals surface area (Å²) in [5, 5.41) is 22.4. The molecule has 3 aromatic carbocycles. The Morgan fingerprint density at radius 3 is 2.31 bits per heavy atom. The Kier molecular flexibility index (Phi) is 6.23. The van der Waals surface area contributed by atoms with E-state index in [1.807, 2.05) is 0 Å². The molecule has 1 aliphatic rings. The molecule has 0 radical (unpaired) electrons. The number of nitro benzene ring substituents is 1. The number of hydrogen-bond donors (Lipinski definition) is 1. The summed E-state index contributed by atoms with van der Waals surface area (Å²) in [6.45, 7) is 0. The fraction of sp³-hybridized carbons (Fsp3) is 0.120. The fourth-order valence-corrected chi connectivity index (χ4v) is 3.96. The van der Waals surface area contributed by atoms with Gasteiger partial charge in [-0.2, -0.15) is 13.2 Å². The van der Waals surface area contributed by atoms with Crippen LogP contribution in [0.2, 0.25) is 0 Å². The van der Waals surface area contributed by atoms with Crippen molar-refractivity contribution in [2.45, 2.75) is 12.2 Å². The van der Waals surface area contributed by atoms with E-state index in [4.69, 9.17) is 4.74 Å². The van der Waals surface area contributed by atoms with Crippen molar-refractivity contribution in [2.75, 3.05) is 12.0 Å². The number of carbonyl (C=O) groups is 2. The van der Waals surface area contributed by atoms with Crippen molar-refractivity contribution in [3.05, 3.63) is 105 Å². The van der Waals surface area contributed by atoms with Crippen molar-refractivity contribution in [1.82, 2.24) is 0 Å². The summed E-state index contributed by atoms with van der Waals surface area (Å²) in [5.74, 6) is -2.49. The van der Waals surface area contributed by atoms with Crippen molar-refractivity contribution in [1.29, 1.82) is 0 Å². The standard InChI is InChI=1S/C25H17F3N2O6/c1-36-19-10-8-14(9-11-19)22(31)20-21(15-4-2-7-18(12-15)30(34)35)29(24(33)23(20)32)17-6-3-5-16(13-17)25(26,27)28/h2-13,21,31H,1H3/t21-/m1/s1. The first-order valence-electron chi connectivity index (χ1n) is 10.4. The molecule has 184 valence electrons. The molecule has 11 heteroatoms. The number of amides is 1. The first-order valence-corrected chi connectivity index (χ1v) is 10.4. The molecule has 0 aromatic heterocycles. The van der Waals surface area contributed by atoms with Crippen LogP contribution in [0.5, 0.6) is 5.75 Å². The van der Waals surface area contributed by atoms with Crippen LogP contribution in [0.15, 0.2) is 78.4 Å². The number of benzene rings is 3. The van der Waals surface area contributed by atoms with E-state index < -0.39 is 45.7 Å². The molecular formula is C25H17F3N2O6. The zero-order valence-corrected chi connectivity index (χ0v) is 18.5. The monoisotopic (exact) mass is 498 g/mol. The molecule has 0 unspecified atom stereocenters. The lowest BCUT2D eigenvalue weighted by molar-refractivity contribution is -0.384. The Morgan fingerprint density at radius 1 is 1.03 bits per heavy atom. The normalized spacial score (nSPS) is 17.3. The first kappa shape index (κ1) is 24.5. The first-order chi connectivity index (χ1) is 17.0. The van der Waals surface area contributed by atoms with E-state index in [1.54, 1.807) is 0 Å². The lowest BCUT2D eigenvalue weighted by Gasteiger charge is -2.26. The maximum Gasteiger partial charge on any atom is 0.416 e. The largest absolute Gasteiger partial charge is 0.507 e. The van der Waals surface area contributed by atoms with Gasteiger partial charge in [0.15, 0.2) is 0 Å². The Labute approximate surface area is 202 Å². The number of methoxy groups -OCH3 is 1. The third-order valence-corrected chi connectivity index (χ3v) is 5.66. The quantitative estimate of drug-likeness (QED) is 0.169. The molecule has 1 aliphatic heterocycles. The summed E-state index contributed by atoms with van der Waals surface area (Å²) < 4.78 is 45.2. The summed E-state index contributed by atoms with van der Waals surface area (Å²) >= 11 is 0. The van der Waals surface area contributed by atoms with Crippen LogP contribution in [0, 0.1) is 10.1 Å². The zero-order valence-electron chi connectivity index (χ0n) is 18.5. The van der Waals surface area contributed by atoms with Gasteiger partial charge in [-0.1, -0.05) is 18.2 Å². The third kappa shape index (κ3) is 4.38. The second-order valence-electron chi connectivity index (χ2n) is 7.80. The second-order valence-corrected chi connectivity index (χ2v) is 7.80. The number of Topliss-reactive ketones (excluding diaryl/α,β-unsaturated/α-hetero) is 1. The third-order valence-electron chi connectivity index (χ3n) is 5.66. The summed E-state index contributed by atoms with van der Waals surface area (Å²) in [7, 11) is 1.43. The number of carbonyl (C=O) groups excluding carboxylic acids is 2. The molecule has 1 amide bonds. The van der Waals surface area contributed by atoms with Crippen molar-refractivity contribution in [3.8, 4) is 5.75 Å². The number of halogens is 3. The van der Waals surface area contributed by atoms with Gasteiger partial charge >= 0.3 is 6.18 Å². The molecule has 1 fully saturated rings. The number of alkyl halides is 3. The highest BCUT2D eigenvalue weighted by Gasteiger charge is 2.47. The van der Waals surface area contributed by atoms with Crippen molar-refractivity contribution in [3.63, 3.8) is 0 Å². The Bertz CT molecular complexity index is 1400. The van der Waals surface area contributed by atoms with Gasteiger partial charge in [0.1, 0.15) is 11.5 Å². The van der Waals surface area contributed by atoms with E-state index in [-0.39, 0.29) is 22.5 Å². The van der Waals surface area contributed by atoms with Gasteiger partial charge in [0.2, 0.25) is 0 Å². The number of anilines is 1. The van der Waals surface area contributed by atoms with E-state index >= 15 is 0 Å². The molecule has 1 atom stereocenters. The topological polar surface area (TPSA) is 110 Å². The number of aliphatic hydroxyl groups is 1. The highest BCUT2D eigenvalue weighted by atomic mass is 19.4. The van der Waals surface area contributed by atoms with Crippen LogP contribution in [0.4, 0.5) is 24.5 Å².